The van der Waals surface area contributed by atoms with Crippen LogP contribution in [-0.2, 0) is 16.8 Å². The van der Waals surface area contributed by atoms with E-state index in [1.807, 2.05) is 50.4 Å². The third kappa shape index (κ3) is 4.16. The molecule has 1 N–H and O–H groups in total. The summed E-state index contributed by atoms with van der Waals surface area (Å²) in [5, 5.41) is 1.10. The molecule has 0 unspecified atom stereocenters. The molecule has 0 aliphatic carbocycles. The first-order valence-corrected chi connectivity index (χ1v) is 13.1. The Balaban J connectivity index is 1.26. The lowest BCUT2D eigenvalue weighted by molar-refractivity contribution is 0.217. The highest BCUT2D eigenvalue weighted by Gasteiger charge is 2.38. The molecule has 0 spiro atoms. The molecule has 2 aliphatic rings. The van der Waals surface area contributed by atoms with Gasteiger partial charge in [0.25, 0.3) is 0 Å². The van der Waals surface area contributed by atoms with E-state index in [2.05, 4.69) is 9.88 Å². The van der Waals surface area contributed by atoms with Gasteiger partial charge in [-0.05, 0) is 81.1 Å². The third-order valence-electron chi connectivity index (χ3n) is 7.06. The van der Waals surface area contributed by atoms with Gasteiger partial charge >= 0.3 is 10.2 Å². The first-order valence-electron chi connectivity index (χ1n) is 11.7. The number of rotatable bonds is 5. The molecule has 2 aromatic carbocycles. The highest BCUT2D eigenvalue weighted by molar-refractivity contribution is 7.90. The number of fused-ring (bicyclic) bond motifs is 2. The highest BCUT2D eigenvalue weighted by Crippen LogP contribution is 2.35. The predicted octanol–water partition coefficient (Wildman–Crippen LogP) is 4.46. The van der Waals surface area contributed by atoms with Crippen LogP contribution >= 0.6 is 0 Å². The van der Waals surface area contributed by atoms with E-state index in [1.165, 1.54) is 11.6 Å². The van der Waals surface area contributed by atoms with Crippen LogP contribution in [0.4, 0.5) is 10.1 Å². The summed E-state index contributed by atoms with van der Waals surface area (Å²) in [5.74, 6) is 0.201. The number of nitrogens with zero attached hydrogens (tertiary/aromatic N) is 3. The van der Waals surface area contributed by atoms with Crippen LogP contribution in [0.25, 0.3) is 10.9 Å². The Morgan fingerprint density at radius 1 is 1.09 bits per heavy atom. The van der Waals surface area contributed by atoms with Gasteiger partial charge in [-0.2, -0.15) is 12.7 Å². The predicted molar refractivity (Wildman–Crippen MR) is 130 cm³/mol. The monoisotopic (exact) mass is 470 g/mol. The lowest BCUT2D eigenvalue weighted by Crippen LogP contribution is -2.52. The minimum Gasteiger partial charge on any atom is -0.361 e. The van der Waals surface area contributed by atoms with Crippen LogP contribution in [0.3, 0.4) is 0 Å². The average Bonchev–Trinajstić information content (AvgIpc) is 3.21. The van der Waals surface area contributed by atoms with Gasteiger partial charge in [0, 0.05) is 42.8 Å². The number of halogens is 1. The van der Waals surface area contributed by atoms with Crippen LogP contribution in [0.1, 0.15) is 43.7 Å². The summed E-state index contributed by atoms with van der Waals surface area (Å²) >= 11 is 0. The van der Waals surface area contributed by atoms with Crippen LogP contribution in [-0.4, -0.2) is 54.8 Å². The Bertz CT molecular complexity index is 1250. The first kappa shape index (κ1) is 22.4. The summed E-state index contributed by atoms with van der Waals surface area (Å²) in [6, 6.07) is 12.6. The van der Waals surface area contributed by atoms with E-state index in [0.29, 0.717) is 25.6 Å². The fourth-order valence-corrected chi connectivity index (χ4v) is 7.06. The Morgan fingerprint density at radius 2 is 1.85 bits per heavy atom. The average molecular weight is 471 g/mol. The Kier molecular flexibility index (Phi) is 5.93. The maximum Gasteiger partial charge on any atom is 0.304 e. The number of hydrogen-bond acceptors (Lipinski definition) is 3. The lowest BCUT2D eigenvalue weighted by Gasteiger charge is -2.40. The maximum absolute atomic E-state index is 13.5. The molecule has 33 heavy (non-hydrogen) atoms. The number of anilines is 1. The zero-order chi connectivity index (χ0) is 23.2. The standard InChI is InChI=1S/C25H31FN4O2S/c1-18(2)30-17-20-5-3-4-6-25(20)29(33(30,31)32)14-13-28-11-9-19(10-12-28)23-16-27-24-15-21(26)7-8-22(23)24/h3-8,15-16,18-19,27H,9-14,17H2,1-2H3. The quantitative estimate of drug-likeness (QED) is 0.599. The summed E-state index contributed by atoms with van der Waals surface area (Å²) in [5.41, 5.74) is 3.95. The molecular weight excluding hydrogens is 439 g/mol. The molecule has 1 aromatic heterocycles. The molecule has 0 amide bonds. The lowest BCUT2D eigenvalue weighted by atomic mass is 9.89. The van der Waals surface area contributed by atoms with E-state index >= 15 is 0 Å². The number of para-hydroxylation sites is 1. The van der Waals surface area contributed by atoms with Gasteiger partial charge in [0.1, 0.15) is 5.82 Å². The molecular formula is C25H31FN4O2S. The van der Waals surface area contributed by atoms with Gasteiger partial charge in [0.15, 0.2) is 0 Å². The number of nitrogens with one attached hydrogen (secondary N) is 1. The normalized spacial score (nSPS) is 19.9. The van der Waals surface area contributed by atoms with Crippen molar-refractivity contribution in [2.24, 2.45) is 0 Å². The van der Waals surface area contributed by atoms with Crippen molar-refractivity contribution in [2.75, 3.05) is 30.5 Å². The topological polar surface area (TPSA) is 59.6 Å². The van der Waals surface area contributed by atoms with Crippen molar-refractivity contribution < 1.29 is 12.8 Å². The number of benzene rings is 2. The molecule has 5 rings (SSSR count). The summed E-state index contributed by atoms with van der Waals surface area (Å²) < 4.78 is 43.4. The summed E-state index contributed by atoms with van der Waals surface area (Å²) in [6.07, 6.45) is 4.03. The molecule has 6 nitrogen and oxygen atoms in total. The molecule has 176 valence electrons. The SMILES string of the molecule is CC(C)N1Cc2ccccc2N(CCN2CCC(c3c[nH]c4cc(F)ccc34)CC2)S1(=O)=O. The van der Waals surface area contributed by atoms with E-state index < -0.39 is 10.2 Å². The van der Waals surface area contributed by atoms with Gasteiger partial charge in [-0.1, -0.05) is 18.2 Å². The second-order valence-electron chi connectivity index (χ2n) is 9.40. The number of likely N-dealkylation sites (tertiary alicyclic amines) is 1. The Morgan fingerprint density at radius 3 is 2.61 bits per heavy atom. The second-order valence-corrected chi connectivity index (χ2v) is 11.2. The number of hydrogen-bond donors (Lipinski definition) is 1. The summed E-state index contributed by atoms with van der Waals surface area (Å²) in [4.78, 5) is 5.56. The zero-order valence-corrected chi connectivity index (χ0v) is 20.0. The first-order chi connectivity index (χ1) is 15.8. The minimum absolute atomic E-state index is 0.0914. The van der Waals surface area contributed by atoms with Crippen molar-refractivity contribution in [1.29, 1.82) is 0 Å². The summed E-state index contributed by atoms with van der Waals surface area (Å²) in [6.45, 7) is 7.25. The molecule has 3 heterocycles. The fraction of sp³-hybridized carbons (Fsp3) is 0.440. The molecule has 3 aromatic rings. The van der Waals surface area contributed by atoms with Crippen molar-refractivity contribution >= 4 is 26.8 Å². The van der Waals surface area contributed by atoms with E-state index in [9.17, 15) is 12.8 Å². The molecule has 0 saturated carbocycles. The van der Waals surface area contributed by atoms with E-state index in [1.54, 1.807) is 14.7 Å². The molecule has 1 fully saturated rings. The van der Waals surface area contributed by atoms with Crippen LogP contribution in [0, 0.1) is 5.82 Å². The van der Waals surface area contributed by atoms with Crippen molar-refractivity contribution in [1.82, 2.24) is 14.2 Å². The second kappa shape index (κ2) is 8.74. The number of aromatic amines is 1. The van der Waals surface area contributed by atoms with E-state index in [0.717, 1.165) is 48.1 Å². The van der Waals surface area contributed by atoms with E-state index in [-0.39, 0.29) is 11.9 Å². The Labute approximate surface area is 195 Å². The fourth-order valence-electron chi connectivity index (χ4n) is 5.23. The molecule has 0 bridgehead atoms. The van der Waals surface area contributed by atoms with Gasteiger partial charge < -0.3 is 9.88 Å². The van der Waals surface area contributed by atoms with Gasteiger partial charge in [-0.3, -0.25) is 4.31 Å². The molecule has 1 saturated heterocycles. The minimum atomic E-state index is -3.55. The Hall–Kier alpha value is -2.42. The smallest absolute Gasteiger partial charge is 0.304 e. The van der Waals surface area contributed by atoms with Crippen LogP contribution in [0.2, 0.25) is 0 Å². The highest BCUT2D eigenvalue weighted by atomic mass is 32.2. The van der Waals surface area contributed by atoms with Crippen LogP contribution in [0.15, 0.2) is 48.7 Å². The molecule has 8 heteroatoms. The van der Waals surface area contributed by atoms with Crippen LogP contribution in [0.5, 0.6) is 0 Å². The molecule has 0 atom stereocenters. The number of aromatic nitrogens is 1. The van der Waals surface area contributed by atoms with E-state index in [4.69, 9.17) is 0 Å². The van der Waals surface area contributed by atoms with Gasteiger partial charge in [-0.15, -0.1) is 0 Å². The van der Waals surface area contributed by atoms with Crippen molar-refractivity contribution in [3.63, 3.8) is 0 Å². The maximum atomic E-state index is 13.5. The van der Waals surface area contributed by atoms with Crippen LogP contribution < -0.4 is 4.31 Å². The number of H-pyrrole nitrogens is 1. The molecule has 0 radical (unpaired) electrons. The van der Waals surface area contributed by atoms with Crippen molar-refractivity contribution in [3.8, 4) is 0 Å². The zero-order valence-electron chi connectivity index (χ0n) is 19.2. The van der Waals surface area contributed by atoms with Crippen molar-refractivity contribution in [3.05, 3.63) is 65.6 Å². The van der Waals surface area contributed by atoms with Gasteiger partial charge in [0.2, 0.25) is 0 Å². The molecule has 2 aliphatic heterocycles. The largest absolute Gasteiger partial charge is 0.361 e. The number of piperidine rings is 1. The van der Waals surface area contributed by atoms with Crippen molar-refractivity contribution in [2.45, 2.75) is 45.2 Å². The van der Waals surface area contributed by atoms with Gasteiger partial charge in [-0.25, -0.2) is 4.39 Å². The summed E-state index contributed by atoms with van der Waals surface area (Å²) in [7, 11) is -3.55. The third-order valence-corrected chi connectivity index (χ3v) is 9.14. The van der Waals surface area contributed by atoms with Gasteiger partial charge in [0.05, 0.1) is 5.69 Å².